The molecule has 1 N–H and O–H groups in total. The first-order valence-corrected chi connectivity index (χ1v) is 11.7. The topological polar surface area (TPSA) is 44.8 Å². The summed E-state index contributed by atoms with van der Waals surface area (Å²) >= 11 is 0. The van der Waals surface area contributed by atoms with Crippen LogP contribution in [0.4, 0.5) is 4.39 Å². The quantitative estimate of drug-likeness (QED) is 0.305. The summed E-state index contributed by atoms with van der Waals surface area (Å²) in [4.78, 5) is 7.08. The van der Waals surface area contributed by atoms with Crippen molar-refractivity contribution >= 4 is 0 Å². The predicted molar refractivity (Wildman–Crippen MR) is 132 cm³/mol. The average Bonchev–Trinajstić information content (AvgIpc) is 3.30. The maximum atomic E-state index is 13.9. The lowest BCUT2D eigenvalue weighted by atomic mass is 10.0. The number of aromatic amines is 1. The Morgan fingerprint density at radius 3 is 2.27 bits per heavy atom. The normalized spacial score (nSPS) is 11.3. The molecule has 0 atom stereocenters. The summed E-state index contributed by atoms with van der Waals surface area (Å²) in [5.74, 6) is 1.04. The molecular weight excluding hydrogens is 411 g/mol. The summed E-state index contributed by atoms with van der Waals surface area (Å²) in [6, 6.07) is 23.8. The molecule has 0 saturated carbocycles. The number of hydrogen-bond acceptors (Lipinski definition) is 3. The average molecular weight is 443 g/mol. The van der Waals surface area contributed by atoms with Crippen molar-refractivity contribution < 1.29 is 4.39 Å². The van der Waals surface area contributed by atoms with Crippen LogP contribution in [-0.2, 0) is 13.0 Å². The van der Waals surface area contributed by atoms with Gasteiger partial charge in [0, 0.05) is 18.5 Å². The van der Waals surface area contributed by atoms with Crippen LogP contribution in [0.25, 0.3) is 22.5 Å². The van der Waals surface area contributed by atoms with Crippen molar-refractivity contribution in [3.8, 4) is 22.5 Å². The predicted octanol–water partition coefficient (Wildman–Crippen LogP) is 6.49. The van der Waals surface area contributed by atoms with Crippen molar-refractivity contribution in [2.24, 2.45) is 0 Å². The fraction of sp³-hybridized carbons (Fsp3) is 0.286. The summed E-state index contributed by atoms with van der Waals surface area (Å²) in [5, 5.41) is 7.27. The molecule has 0 radical (unpaired) electrons. The molecule has 170 valence electrons. The van der Waals surface area contributed by atoms with Crippen LogP contribution in [-0.4, -0.2) is 33.2 Å². The van der Waals surface area contributed by atoms with Gasteiger partial charge in [-0.1, -0.05) is 74.5 Å². The highest BCUT2D eigenvalue weighted by Gasteiger charge is 2.10. The Labute approximate surface area is 195 Å². The maximum Gasteiger partial charge on any atom is 0.181 e. The van der Waals surface area contributed by atoms with Gasteiger partial charge in [-0.15, -0.1) is 0 Å². The zero-order valence-corrected chi connectivity index (χ0v) is 19.4. The van der Waals surface area contributed by atoms with Crippen molar-refractivity contribution in [3.63, 3.8) is 0 Å². The van der Waals surface area contributed by atoms with Gasteiger partial charge in [0.25, 0.3) is 0 Å². The van der Waals surface area contributed by atoms with Gasteiger partial charge >= 0.3 is 0 Å². The summed E-state index contributed by atoms with van der Waals surface area (Å²) in [5.41, 5.74) is 5.25. The number of halogens is 1. The lowest BCUT2D eigenvalue weighted by molar-refractivity contribution is 0.266. The van der Waals surface area contributed by atoms with Gasteiger partial charge in [-0.2, -0.15) is 5.10 Å². The van der Waals surface area contributed by atoms with Crippen LogP contribution in [0.1, 0.15) is 43.6 Å². The van der Waals surface area contributed by atoms with Gasteiger partial charge in [-0.25, -0.2) is 9.37 Å². The van der Waals surface area contributed by atoms with Crippen molar-refractivity contribution in [1.29, 1.82) is 0 Å². The molecule has 0 unspecified atom stereocenters. The van der Waals surface area contributed by atoms with Gasteiger partial charge in [-0.3, -0.25) is 10.00 Å². The minimum absolute atomic E-state index is 0.227. The molecule has 3 aromatic carbocycles. The largest absolute Gasteiger partial charge is 0.299 e. The Morgan fingerprint density at radius 2 is 1.55 bits per heavy atom. The molecular formula is C28H31FN4. The van der Waals surface area contributed by atoms with Gasteiger partial charge in [0.2, 0.25) is 0 Å². The Bertz CT molecular complexity index is 1160. The Balaban J connectivity index is 1.47. The molecule has 5 heteroatoms. The molecule has 0 spiro atoms. The molecule has 0 aliphatic heterocycles. The first-order valence-electron chi connectivity index (χ1n) is 11.7. The summed E-state index contributed by atoms with van der Waals surface area (Å²) < 4.78 is 13.9. The van der Waals surface area contributed by atoms with Crippen LogP contribution < -0.4 is 0 Å². The molecule has 4 rings (SSSR count). The molecule has 0 bridgehead atoms. The third-order valence-corrected chi connectivity index (χ3v) is 5.74. The van der Waals surface area contributed by atoms with E-state index in [0.717, 1.165) is 25.2 Å². The number of aromatic nitrogens is 3. The van der Waals surface area contributed by atoms with E-state index in [9.17, 15) is 4.39 Å². The Kier molecular flexibility index (Phi) is 7.63. The van der Waals surface area contributed by atoms with E-state index in [-0.39, 0.29) is 5.82 Å². The monoisotopic (exact) mass is 442 g/mol. The number of nitrogens with one attached hydrogen (secondary N) is 1. The molecule has 0 aliphatic carbocycles. The zero-order chi connectivity index (χ0) is 23.0. The fourth-order valence-corrected chi connectivity index (χ4v) is 4.15. The molecule has 33 heavy (non-hydrogen) atoms. The van der Waals surface area contributed by atoms with Crippen LogP contribution in [0.2, 0.25) is 0 Å². The lowest BCUT2D eigenvalue weighted by Crippen LogP contribution is -2.24. The highest BCUT2D eigenvalue weighted by molar-refractivity contribution is 5.68. The molecule has 0 saturated heterocycles. The molecule has 4 aromatic rings. The standard InChI is InChI=1S/C28H31FN4/c1-3-16-33(17-4-2)20-21-8-7-10-24(18-21)22-12-14-23(15-13-22)28-30-27(31-32-28)19-25-9-5-6-11-26(25)29/h5-15,18H,3-4,16-17,19-20H2,1-2H3,(H,30,31,32). The second kappa shape index (κ2) is 11.0. The third-order valence-electron chi connectivity index (χ3n) is 5.74. The third kappa shape index (κ3) is 5.93. The van der Waals surface area contributed by atoms with Crippen molar-refractivity contribution in [2.45, 2.75) is 39.7 Å². The summed E-state index contributed by atoms with van der Waals surface area (Å²) in [7, 11) is 0. The maximum absolute atomic E-state index is 13.9. The molecule has 0 aliphatic rings. The van der Waals surface area contributed by atoms with Crippen molar-refractivity contribution in [1.82, 2.24) is 20.1 Å². The van der Waals surface area contributed by atoms with E-state index in [1.807, 2.05) is 18.2 Å². The highest BCUT2D eigenvalue weighted by atomic mass is 19.1. The number of rotatable bonds is 10. The Morgan fingerprint density at radius 1 is 0.818 bits per heavy atom. The van der Waals surface area contributed by atoms with E-state index < -0.39 is 0 Å². The van der Waals surface area contributed by atoms with E-state index in [1.165, 1.54) is 35.6 Å². The summed E-state index contributed by atoms with van der Waals surface area (Å²) in [6.07, 6.45) is 2.73. The second-order valence-corrected chi connectivity index (χ2v) is 8.43. The number of H-pyrrole nitrogens is 1. The van der Waals surface area contributed by atoms with E-state index in [1.54, 1.807) is 12.1 Å². The minimum atomic E-state index is -0.227. The van der Waals surface area contributed by atoms with Crippen LogP contribution in [0.15, 0.2) is 72.8 Å². The number of benzene rings is 3. The zero-order valence-electron chi connectivity index (χ0n) is 19.4. The van der Waals surface area contributed by atoms with Crippen LogP contribution in [0.5, 0.6) is 0 Å². The van der Waals surface area contributed by atoms with E-state index in [4.69, 9.17) is 0 Å². The van der Waals surface area contributed by atoms with E-state index in [0.29, 0.717) is 23.6 Å². The van der Waals surface area contributed by atoms with Gasteiger partial charge in [-0.05, 0) is 60.3 Å². The SMILES string of the molecule is CCCN(CCC)Cc1cccc(-c2ccc(-c3n[nH]c(Cc4ccccc4F)n3)cc2)c1. The minimum Gasteiger partial charge on any atom is -0.299 e. The molecule has 0 amide bonds. The number of hydrogen-bond donors (Lipinski definition) is 1. The van der Waals surface area contributed by atoms with Crippen LogP contribution in [0, 0.1) is 5.82 Å². The van der Waals surface area contributed by atoms with Crippen LogP contribution >= 0.6 is 0 Å². The second-order valence-electron chi connectivity index (χ2n) is 8.43. The van der Waals surface area contributed by atoms with Crippen molar-refractivity contribution in [3.05, 3.63) is 95.6 Å². The first-order chi connectivity index (χ1) is 16.2. The Hall–Kier alpha value is -3.31. The van der Waals surface area contributed by atoms with Gasteiger partial charge in [0.1, 0.15) is 11.6 Å². The number of nitrogens with zero attached hydrogens (tertiary/aromatic N) is 3. The van der Waals surface area contributed by atoms with Gasteiger partial charge in [0.15, 0.2) is 5.82 Å². The van der Waals surface area contributed by atoms with Crippen molar-refractivity contribution in [2.75, 3.05) is 13.1 Å². The highest BCUT2D eigenvalue weighted by Crippen LogP contribution is 2.25. The fourth-order valence-electron chi connectivity index (χ4n) is 4.15. The summed E-state index contributed by atoms with van der Waals surface area (Å²) in [6.45, 7) is 7.70. The van der Waals surface area contributed by atoms with E-state index in [2.05, 4.69) is 70.3 Å². The van der Waals surface area contributed by atoms with Gasteiger partial charge in [0.05, 0.1) is 0 Å². The molecule has 1 aromatic heterocycles. The molecule has 1 heterocycles. The van der Waals surface area contributed by atoms with Crippen LogP contribution in [0.3, 0.4) is 0 Å². The first kappa shape index (κ1) is 22.9. The molecule has 0 fully saturated rings. The molecule has 4 nitrogen and oxygen atoms in total. The smallest absolute Gasteiger partial charge is 0.181 e. The lowest BCUT2D eigenvalue weighted by Gasteiger charge is -2.21. The van der Waals surface area contributed by atoms with Gasteiger partial charge < -0.3 is 0 Å². The van der Waals surface area contributed by atoms with E-state index >= 15 is 0 Å².